The Bertz CT molecular complexity index is 519. The maximum absolute atomic E-state index is 10.6. The highest BCUT2D eigenvalue weighted by atomic mass is 32.2. The molecule has 0 bridgehead atoms. The van der Waals surface area contributed by atoms with Crippen molar-refractivity contribution >= 4 is 28.8 Å². The Labute approximate surface area is 111 Å². The molecule has 1 aromatic heterocycles. The first kappa shape index (κ1) is 12.8. The smallest absolute Gasteiger partial charge is 0.273 e. The van der Waals surface area contributed by atoms with Gasteiger partial charge in [-0.2, -0.15) is 0 Å². The van der Waals surface area contributed by atoms with Crippen LogP contribution in [0.15, 0.2) is 34.1 Å². The van der Waals surface area contributed by atoms with Crippen LogP contribution < -0.4 is 4.74 Å². The summed E-state index contributed by atoms with van der Waals surface area (Å²) >= 11 is 3.01. The topological polar surface area (TPSA) is 78.2 Å². The van der Waals surface area contributed by atoms with Crippen LogP contribution in [0.4, 0.5) is 5.69 Å². The zero-order chi connectivity index (χ0) is 12.8. The van der Waals surface area contributed by atoms with Gasteiger partial charge in [0.1, 0.15) is 11.3 Å². The molecular weight excluding hydrogens is 274 g/mol. The quantitative estimate of drug-likeness (QED) is 0.351. The second-order valence-corrected chi connectivity index (χ2v) is 5.33. The SMILES string of the molecule is O=[N+]([O-])c1cccc(OCCSc2nncs2)c1. The number of rotatable bonds is 6. The van der Waals surface area contributed by atoms with E-state index >= 15 is 0 Å². The predicted molar refractivity (Wildman–Crippen MR) is 69.2 cm³/mol. The summed E-state index contributed by atoms with van der Waals surface area (Å²) in [6, 6.07) is 6.15. The van der Waals surface area contributed by atoms with E-state index in [2.05, 4.69) is 10.2 Å². The summed E-state index contributed by atoms with van der Waals surface area (Å²) in [4.78, 5) is 10.1. The summed E-state index contributed by atoms with van der Waals surface area (Å²) in [5.74, 6) is 1.22. The molecule has 0 fully saturated rings. The second kappa shape index (κ2) is 6.31. The molecule has 6 nitrogen and oxygen atoms in total. The van der Waals surface area contributed by atoms with Crippen LogP contribution >= 0.6 is 23.1 Å². The number of hydrogen-bond donors (Lipinski definition) is 0. The average molecular weight is 283 g/mol. The molecule has 0 aliphatic rings. The van der Waals surface area contributed by atoms with E-state index in [0.717, 1.165) is 10.1 Å². The minimum atomic E-state index is -0.442. The van der Waals surface area contributed by atoms with Gasteiger partial charge in [0.15, 0.2) is 4.34 Å². The zero-order valence-electron chi connectivity index (χ0n) is 9.18. The third kappa shape index (κ3) is 3.67. The number of nitro groups is 1. The van der Waals surface area contributed by atoms with Crippen molar-refractivity contribution in [2.75, 3.05) is 12.4 Å². The lowest BCUT2D eigenvalue weighted by molar-refractivity contribution is -0.384. The highest BCUT2D eigenvalue weighted by Crippen LogP contribution is 2.21. The molecular formula is C10H9N3O3S2. The van der Waals surface area contributed by atoms with Crippen molar-refractivity contribution < 1.29 is 9.66 Å². The number of nitrogens with zero attached hydrogens (tertiary/aromatic N) is 3. The molecule has 18 heavy (non-hydrogen) atoms. The molecule has 8 heteroatoms. The highest BCUT2D eigenvalue weighted by Gasteiger charge is 2.06. The third-order valence-corrected chi connectivity index (χ3v) is 3.77. The van der Waals surface area contributed by atoms with Crippen LogP contribution in [0.5, 0.6) is 5.75 Å². The van der Waals surface area contributed by atoms with Crippen molar-refractivity contribution in [3.63, 3.8) is 0 Å². The number of non-ortho nitro benzene ring substituents is 1. The van der Waals surface area contributed by atoms with E-state index in [1.54, 1.807) is 29.4 Å². The second-order valence-electron chi connectivity index (χ2n) is 3.16. The molecule has 1 heterocycles. The van der Waals surface area contributed by atoms with Crippen molar-refractivity contribution in [1.29, 1.82) is 0 Å². The summed E-state index contributed by atoms with van der Waals surface area (Å²) in [6.07, 6.45) is 0. The molecule has 0 spiro atoms. The molecule has 0 aliphatic carbocycles. The van der Waals surface area contributed by atoms with E-state index in [1.807, 2.05) is 0 Å². The number of aromatic nitrogens is 2. The van der Waals surface area contributed by atoms with Crippen LogP contribution in [0, 0.1) is 10.1 Å². The van der Waals surface area contributed by atoms with Crippen LogP contribution in [-0.4, -0.2) is 27.5 Å². The third-order valence-electron chi connectivity index (χ3n) is 1.95. The first-order chi connectivity index (χ1) is 8.75. The Hall–Kier alpha value is -1.67. The lowest BCUT2D eigenvalue weighted by atomic mass is 10.3. The number of benzene rings is 1. The van der Waals surface area contributed by atoms with Gasteiger partial charge in [-0.05, 0) is 6.07 Å². The summed E-state index contributed by atoms with van der Waals surface area (Å²) in [5, 5.41) is 18.2. The van der Waals surface area contributed by atoms with E-state index in [9.17, 15) is 10.1 Å². The molecule has 0 unspecified atom stereocenters. The monoisotopic (exact) mass is 283 g/mol. The van der Waals surface area contributed by atoms with Crippen LogP contribution in [0.2, 0.25) is 0 Å². The molecule has 0 saturated heterocycles. The van der Waals surface area contributed by atoms with Crippen molar-refractivity contribution in [3.05, 3.63) is 39.9 Å². The normalized spacial score (nSPS) is 10.2. The van der Waals surface area contributed by atoms with E-state index in [1.165, 1.54) is 23.5 Å². The molecule has 0 N–H and O–H groups in total. The number of thioether (sulfide) groups is 1. The molecule has 2 rings (SSSR count). The minimum Gasteiger partial charge on any atom is -0.492 e. The van der Waals surface area contributed by atoms with E-state index < -0.39 is 4.92 Å². The lowest BCUT2D eigenvalue weighted by Gasteiger charge is -2.04. The standard InChI is InChI=1S/C10H9N3O3S2/c14-13(15)8-2-1-3-9(6-8)16-4-5-17-10-12-11-7-18-10/h1-3,6-7H,4-5H2. The maximum atomic E-state index is 10.6. The van der Waals surface area contributed by atoms with Gasteiger partial charge in [0, 0.05) is 11.8 Å². The Balaban J connectivity index is 1.79. The van der Waals surface area contributed by atoms with Gasteiger partial charge in [-0.15, -0.1) is 10.2 Å². The molecule has 0 atom stereocenters. The molecule has 0 radical (unpaired) electrons. The van der Waals surface area contributed by atoms with Gasteiger partial charge in [-0.3, -0.25) is 10.1 Å². The summed E-state index contributed by atoms with van der Waals surface area (Å²) in [7, 11) is 0. The maximum Gasteiger partial charge on any atom is 0.273 e. The number of nitro benzene ring substituents is 1. The van der Waals surface area contributed by atoms with Crippen LogP contribution in [0.3, 0.4) is 0 Å². The minimum absolute atomic E-state index is 0.0317. The number of ether oxygens (including phenoxy) is 1. The van der Waals surface area contributed by atoms with Gasteiger partial charge in [-0.1, -0.05) is 29.2 Å². The van der Waals surface area contributed by atoms with E-state index in [0.29, 0.717) is 12.4 Å². The largest absolute Gasteiger partial charge is 0.492 e. The molecule has 1 aromatic carbocycles. The summed E-state index contributed by atoms with van der Waals surface area (Å²) in [5.41, 5.74) is 1.70. The fraction of sp³-hybridized carbons (Fsp3) is 0.200. The van der Waals surface area contributed by atoms with Crippen molar-refractivity contribution in [3.8, 4) is 5.75 Å². The molecule has 2 aromatic rings. The first-order valence-electron chi connectivity index (χ1n) is 5.02. The van der Waals surface area contributed by atoms with Crippen molar-refractivity contribution in [2.45, 2.75) is 4.34 Å². The van der Waals surface area contributed by atoms with Crippen molar-refractivity contribution in [2.24, 2.45) is 0 Å². The van der Waals surface area contributed by atoms with Crippen molar-refractivity contribution in [1.82, 2.24) is 10.2 Å². The predicted octanol–water partition coefficient (Wildman–Crippen LogP) is 2.62. The van der Waals surface area contributed by atoms with Gasteiger partial charge in [0.2, 0.25) is 0 Å². The van der Waals surface area contributed by atoms with Gasteiger partial charge < -0.3 is 4.74 Å². The fourth-order valence-electron chi connectivity index (χ4n) is 1.20. The molecule has 94 valence electrons. The highest BCUT2D eigenvalue weighted by molar-refractivity contribution is 8.01. The Morgan fingerprint density at radius 1 is 1.50 bits per heavy atom. The van der Waals surface area contributed by atoms with Gasteiger partial charge in [0.25, 0.3) is 5.69 Å². The van der Waals surface area contributed by atoms with Crippen LogP contribution in [-0.2, 0) is 0 Å². The van der Waals surface area contributed by atoms with Crippen LogP contribution in [0.25, 0.3) is 0 Å². The summed E-state index contributed by atoms with van der Waals surface area (Å²) < 4.78 is 6.31. The van der Waals surface area contributed by atoms with Gasteiger partial charge >= 0.3 is 0 Å². The Morgan fingerprint density at radius 3 is 3.11 bits per heavy atom. The molecule has 0 saturated carbocycles. The van der Waals surface area contributed by atoms with Gasteiger partial charge in [0.05, 0.1) is 17.6 Å². The molecule has 0 amide bonds. The zero-order valence-corrected chi connectivity index (χ0v) is 10.8. The lowest BCUT2D eigenvalue weighted by Crippen LogP contribution is -2.00. The number of hydrogen-bond acceptors (Lipinski definition) is 7. The Morgan fingerprint density at radius 2 is 2.39 bits per heavy atom. The molecule has 0 aliphatic heterocycles. The van der Waals surface area contributed by atoms with Crippen LogP contribution in [0.1, 0.15) is 0 Å². The average Bonchev–Trinajstić information content (AvgIpc) is 2.88. The summed E-state index contributed by atoms with van der Waals surface area (Å²) in [6.45, 7) is 0.464. The first-order valence-corrected chi connectivity index (χ1v) is 6.88. The van der Waals surface area contributed by atoms with E-state index in [-0.39, 0.29) is 5.69 Å². The van der Waals surface area contributed by atoms with Gasteiger partial charge in [-0.25, -0.2) is 0 Å². The Kier molecular flexibility index (Phi) is 4.48. The fourth-order valence-corrected chi connectivity index (χ4v) is 2.58. The van der Waals surface area contributed by atoms with E-state index in [4.69, 9.17) is 4.74 Å².